The van der Waals surface area contributed by atoms with Crippen LogP contribution in [0.15, 0.2) is 35.1 Å². The number of anilines is 1. The number of carbonyl (C=O) groups excluding carboxylic acids is 2. The van der Waals surface area contributed by atoms with Crippen molar-refractivity contribution in [1.82, 2.24) is 20.4 Å². The van der Waals surface area contributed by atoms with Gasteiger partial charge in [-0.25, -0.2) is 4.99 Å². The van der Waals surface area contributed by atoms with Crippen LogP contribution < -0.4 is 20.7 Å². The molecule has 1 aliphatic carbocycles. The van der Waals surface area contributed by atoms with Gasteiger partial charge in [-0.3, -0.25) is 14.5 Å². The summed E-state index contributed by atoms with van der Waals surface area (Å²) in [5.41, 5.74) is 1.35. The molecule has 3 aliphatic rings. The van der Waals surface area contributed by atoms with Gasteiger partial charge in [0.2, 0.25) is 11.9 Å². The zero-order valence-corrected chi connectivity index (χ0v) is 20.1. The van der Waals surface area contributed by atoms with E-state index in [0.717, 1.165) is 18.5 Å². The third kappa shape index (κ3) is 4.17. The smallest absolute Gasteiger partial charge is 0.251 e. The number of guanidine groups is 1. The Bertz CT molecular complexity index is 1000. The number of likely N-dealkylation sites (N-methyl/N-ethyl adjacent to an activating group) is 1. The van der Waals surface area contributed by atoms with Crippen LogP contribution in [0.3, 0.4) is 0 Å². The van der Waals surface area contributed by atoms with Gasteiger partial charge in [-0.1, -0.05) is 12.8 Å². The van der Waals surface area contributed by atoms with Gasteiger partial charge < -0.3 is 25.6 Å². The van der Waals surface area contributed by atoms with Crippen LogP contribution in [0.1, 0.15) is 56.3 Å². The summed E-state index contributed by atoms with van der Waals surface area (Å²) in [4.78, 5) is 34.2. The zero-order valence-electron chi connectivity index (χ0n) is 20.1. The van der Waals surface area contributed by atoms with Crippen molar-refractivity contribution in [2.75, 3.05) is 26.5 Å². The molecule has 2 aliphatic heterocycles. The number of nitrogens with zero attached hydrogens (tertiary/aromatic N) is 3. The van der Waals surface area contributed by atoms with E-state index in [4.69, 9.17) is 9.73 Å². The number of carbonyl (C=O) groups is 2. The van der Waals surface area contributed by atoms with Crippen LogP contribution in [0, 0.1) is 0 Å². The quantitative estimate of drug-likeness (QED) is 0.647. The van der Waals surface area contributed by atoms with Gasteiger partial charge in [-0.05, 0) is 44.9 Å². The number of benzene rings is 1. The van der Waals surface area contributed by atoms with Crippen molar-refractivity contribution in [2.24, 2.45) is 4.99 Å². The van der Waals surface area contributed by atoms with Gasteiger partial charge in [-0.15, -0.1) is 0 Å². The van der Waals surface area contributed by atoms with E-state index in [2.05, 4.69) is 34.7 Å². The second kappa shape index (κ2) is 9.05. The molecule has 1 saturated carbocycles. The van der Waals surface area contributed by atoms with E-state index in [1.165, 1.54) is 12.8 Å². The summed E-state index contributed by atoms with van der Waals surface area (Å²) in [5, 5.41) is 9.16. The maximum atomic E-state index is 12.9. The number of amides is 2. The highest BCUT2D eigenvalue weighted by atomic mass is 16.5. The third-order valence-electron chi connectivity index (χ3n) is 7.01. The lowest BCUT2D eigenvalue weighted by Gasteiger charge is -2.47. The number of aliphatic imine (C=N–C) groups is 1. The fraction of sp³-hybridized carbons (Fsp3) is 0.542. The molecule has 9 heteroatoms. The molecular weight excluding hydrogens is 420 g/mol. The highest BCUT2D eigenvalue weighted by molar-refractivity contribution is 5.99. The lowest BCUT2D eigenvalue weighted by atomic mass is 9.99. The second-order valence-electron chi connectivity index (χ2n) is 9.13. The summed E-state index contributed by atoms with van der Waals surface area (Å²) in [5.74, 6) is 1.01. The van der Waals surface area contributed by atoms with Gasteiger partial charge in [0.1, 0.15) is 5.75 Å². The SMILES string of the molecule is CNC(=O)c1ccc(NC2=NC3(C)C(=CN2)N(C)C(=O)C[C@@H](C)N3C2CCCC2)c(OC)c1. The van der Waals surface area contributed by atoms with Crippen molar-refractivity contribution in [2.45, 2.75) is 63.7 Å². The molecule has 2 atom stereocenters. The van der Waals surface area contributed by atoms with Crippen molar-refractivity contribution < 1.29 is 14.3 Å². The zero-order chi connectivity index (χ0) is 23.8. The normalized spacial score (nSPS) is 26.0. The molecule has 0 aromatic heterocycles. The summed E-state index contributed by atoms with van der Waals surface area (Å²) in [6, 6.07) is 5.69. The summed E-state index contributed by atoms with van der Waals surface area (Å²) < 4.78 is 5.52. The predicted molar refractivity (Wildman–Crippen MR) is 128 cm³/mol. The number of ether oxygens (including phenoxy) is 1. The Kier molecular flexibility index (Phi) is 6.34. The van der Waals surface area contributed by atoms with E-state index in [-0.39, 0.29) is 17.9 Å². The van der Waals surface area contributed by atoms with E-state index in [1.807, 2.05) is 13.2 Å². The molecule has 4 rings (SSSR count). The first-order valence-corrected chi connectivity index (χ1v) is 11.6. The summed E-state index contributed by atoms with van der Waals surface area (Å²) in [6.45, 7) is 4.22. The average Bonchev–Trinajstić information content (AvgIpc) is 3.30. The maximum absolute atomic E-state index is 12.9. The minimum Gasteiger partial charge on any atom is -0.495 e. The van der Waals surface area contributed by atoms with Gasteiger partial charge in [-0.2, -0.15) is 0 Å². The topological polar surface area (TPSA) is 98.3 Å². The van der Waals surface area contributed by atoms with Crippen molar-refractivity contribution in [3.8, 4) is 5.75 Å². The molecule has 2 fully saturated rings. The fourth-order valence-corrected chi connectivity index (χ4v) is 5.41. The van der Waals surface area contributed by atoms with Crippen LogP contribution in [0.5, 0.6) is 5.75 Å². The first kappa shape index (κ1) is 23.1. The monoisotopic (exact) mass is 454 g/mol. The molecule has 33 heavy (non-hydrogen) atoms. The van der Waals surface area contributed by atoms with E-state index in [0.29, 0.717) is 35.4 Å². The number of hydrogen-bond donors (Lipinski definition) is 3. The van der Waals surface area contributed by atoms with Crippen LogP contribution in [0.25, 0.3) is 0 Å². The molecule has 0 bridgehead atoms. The van der Waals surface area contributed by atoms with Crippen molar-refractivity contribution >= 4 is 23.5 Å². The standard InChI is InChI=1S/C24H34N6O3/c1-15-12-21(31)29(4)20-14-26-23(28-24(20,2)30(15)17-8-6-7-9-17)27-18-11-10-16(22(32)25-3)13-19(18)33-5/h10-11,13-15,17H,6-9,12H2,1-5H3,(H,25,32)(H2,26,27,28)/t15-,24?/m1/s1. The molecule has 1 unspecified atom stereocenters. The minimum atomic E-state index is -0.696. The predicted octanol–water partition coefficient (Wildman–Crippen LogP) is 2.48. The Balaban J connectivity index is 1.70. The summed E-state index contributed by atoms with van der Waals surface area (Å²) in [7, 11) is 4.99. The summed E-state index contributed by atoms with van der Waals surface area (Å²) in [6.07, 6.45) is 6.98. The molecule has 3 N–H and O–H groups in total. The number of nitrogens with one attached hydrogen (secondary N) is 3. The Labute approximate surface area is 195 Å². The molecule has 0 radical (unpaired) electrons. The van der Waals surface area contributed by atoms with Crippen LogP contribution in [-0.4, -0.2) is 66.5 Å². The van der Waals surface area contributed by atoms with E-state index >= 15 is 0 Å². The Morgan fingerprint density at radius 1 is 1.30 bits per heavy atom. The van der Waals surface area contributed by atoms with Crippen molar-refractivity contribution in [3.63, 3.8) is 0 Å². The van der Waals surface area contributed by atoms with Crippen LogP contribution in [0.2, 0.25) is 0 Å². The van der Waals surface area contributed by atoms with Gasteiger partial charge in [0.05, 0.1) is 18.5 Å². The number of rotatable bonds is 4. The molecule has 1 saturated heterocycles. The van der Waals surface area contributed by atoms with Crippen molar-refractivity contribution in [1.29, 1.82) is 0 Å². The molecule has 178 valence electrons. The van der Waals surface area contributed by atoms with Gasteiger partial charge in [0.15, 0.2) is 5.66 Å². The number of hydrogen-bond acceptors (Lipinski definition) is 7. The number of fused-ring (bicyclic) bond motifs is 1. The molecule has 2 heterocycles. The molecule has 2 amide bonds. The first-order valence-electron chi connectivity index (χ1n) is 11.6. The first-order chi connectivity index (χ1) is 15.8. The molecule has 1 aromatic rings. The lowest BCUT2D eigenvalue weighted by Crippen LogP contribution is -2.58. The average molecular weight is 455 g/mol. The Morgan fingerprint density at radius 2 is 2.03 bits per heavy atom. The van der Waals surface area contributed by atoms with Crippen molar-refractivity contribution in [3.05, 3.63) is 35.7 Å². The largest absolute Gasteiger partial charge is 0.495 e. The Hall–Kier alpha value is -3.07. The molecule has 0 spiro atoms. The van der Waals surface area contributed by atoms with Crippen LogP contribution in [-0.2, 0) is 4.79 Å². The lowest BCUT2D eigenvalue weighted by molar-refractivity contribution is -0.128. The molecule has 9 nitrogen and oxygen atoms in total. The van der Waals surface area contributed by atoms with Gasteiger partial charge in [0, 0.05) is 44.4 Å². The van der Waals surface area contributed by atoms with E-state index in [9.17, 15) is 9.59 Å². The highest BCUT2D eigenvalue weighted by Gasteiger charge is 2.49. The minimum absolute atomic E-state index is 0.0726. The van der Waals surface area contributed by atoms with Gasteiger partial charge in [0.25, 0.3) is 5.91 Å². The molecular formula is C24H34N6O3. The van der Waals surface area contributed by atoms with Crippen LogP contribution >= 0.6 is 0 Å². The maximum Gasteiger partial charge on any atom is 0.251 e. The number of methoxy groups -OCH3 is 1. The van der Waals surface area contributed by atoms with Gasteiger partial charge >= 0.3 is 0 Å². The fourth-order valence-electron chi connectivity index (χ4n) is 5.41. The second-order valence-corrected chi connectivity index (χ2v) is 9.13. The van der Waals surface area contributed by atoms with E-state index in [1.54, 1.807) is 37.3 Å². The van der Waals surface area contributed by atoms with Crippen LogP contribution in [0.4, 0.5) is 5.69 Å². The Morgan fingerprint density at radius 3 is 2.70 bits per heavy atom. The summed E-state index contributed by atoms with van der Waals surface area (Å²) >= 11 is 0. The van der Waals surface area contributed by atoms with E-state index < -0.39 is 5.66 Å². The molecule has 1 aromatic carbocycles. The third-order valence-corrected chi connectivity index (χ3v) is 7.01. The highest BCUT2D eigenvalue weighted by Crippen LogP contribution is 2.41.